The van der Waals surface area contributed by atoms with Crippen LogP contribution in [0.4, 0.5) is 0 Å². The molecule has 5 fully saturated rings. The lowest BCUT2D eigenvalue weighted by molar-refractivity contribution is -0.236. The molecule has 1 amide bonds. The van der Waals surface area contributed by atoms with Crippen molar-refractivity contribution in [1.29, 1.82) is 0 Å². The number of fused-ring (bicyclic) bond motifs is 2. The first-order valence-electron chi connectivity index (χ1n) is 15.6. The molecule has 6 rings (SSSR count). The molecular weight excluding hydrogens is 494 g/mol. The maximum absolute atomic E-state index is 13.6. The Balaban J connectivity index is 1.31. The van der Waals surface area contributed by atoms with Crippen molar-refractivity contribution in [1.82, 2.24) is 4.90 Å². The van der Waals surface area contributed by atoms with Crippen molar-refractivity contribution < 1.29 is 29.0 Å². The molecule has 4 saturated carbocycles. The number of carbonyl (C=O) groups is 3. The van der Waals surface area contributed by atoms with E-state index in [9.17, 15) is 19.5 Å². The second-order valence-electron chi connectivity index (χ2n) is 14.3. The molecule has 0 radical (unpaired) electrons. The van der Waals surface area contributed by atoms with Crippen LogP contribution in [0, 0.1) is 51.8 Å². The van der Waals surface area contributed by atoms with Crippen molar-refractivity contribution in [3.63, 3.8) is 0 Å². The molecule has 1 heterocycles. The smallest absolute Gasteiger partial charge is 0.315 e. The molecule has 4 bridgehead atoms. The highest BCUT2D eigenvalue weighted by atomic mass is 16.7. The van der Waals surface area contributed by atoms with E-state index in [4.69, 9.17) is 9.47 Å². The summed E-state index contributed by atoms with van der Waals surface area (Å²) in [5.41, 5.74) is -1.89. The van der Waals surface area contributed by atoms with Gasteiger partial charge in [0.05, 0.1) is 24.7 Å². The highest BCUT2D eigenvalue weighted by Crippen LogP contribution is 2.82. The van der Waals surface area contributed by atoms with Gasteiger partial charge in [-0.3, -0.25) is 9.59 Å². The minimum absolute atomic E-state index is 0.00464. The molecule has 6 aliphatic rings. The molecular formula is C32H47NO6. The molecule has 7 nitrogen and oxygen atoms in total. The molecule has 5 aliphatic carbocycles. The zero-order chi connectivity index (χ0) is 27.7. The minimum Gasteiger partial charge on any atom is -0.481 e. The van der Waals surface area contributed by atoms with Gasteiger partial charge in [-0.05, 0) is 68.6 Å². The largest absolute Gasteiger partial charge is 0.481 e. The molecule has 0 spiro atoms. The van der Waals surface area contributed by atoms with Crippen LogP contribution in [-0.2, 0) is 23.9 Å². The Morgan fingerprint density at radius 1 is 1.13 bits per heavy atom. The lowest BCUT2D eigenvalue weighted by Crippen LogP contribution is -2.64. The van der Waals surface area contributed by atoms with Gasteiger partial charge in [0.15, 0.2) is 6.29 Å². The average Bonchev–Trinajstić information content (AvgIpc) is 3.49. The maximum atomic E-state index is 13.6. The van der Waals surface area contributed by atoms with Crippen molar-refractivity contribution in [2.75, 3.05) is 19.7 Å². The number of morpholine rings is 1. The van der Waals surface area contributed by atoms with E-state index >= 15 is 0 Å². The number of carboxylic acid groups (broad SMARTS) is 1. The number of allylic oxidation sites excluding steroid dienone is 1. The molecule has 0 aromatic carbocycles. The minimum atomic E-state index is -1.25. The van der Waals surface area contributed by atoms with Crippen LogP contribution >= 0.6 is 0 Å². The standard InChI is InChI=1S/C32H47NO6/c1-19(2)26-12-23-13-30(17-34)25-11-10-20(3)24(25)14-31(23,32(26,30)29(36)37)18-38-27-16-33(15-21(4)39-27)28(35)22-8-6-5-7-9-22/h12,17,19-25,27H,5-11,13-16,18H2,1-4H3,(H,36,37)/t20-,21-,23?,24?,25?,27-,30+,31?,32?/m1/s1. The molecule has 0 aromatic heterocycles. The van der Waals surface area contributed by atoms with E-state index in [1.807, 2.05) is 11.8 Å². The predicted molar refractivity (Wildman–Crippen MR) is 145 cm³/mol. The van der Waals surface area contributed by atoms with Crippen LogP contribution in [0.15, 0.2) is 11.6 Å². The second-order valence-corrected chi connectivity index (χ2v) is 14.3. The summed E-state index contributed by atoms with van der Waals surface area (Å²) in [6.07, 6.45) is 11.2. The lowest BCUT2D eigenvalue weighted by Gasteiger charge is -2.58. The zero-order valence-electron chi connectivity index (χ0n) is 24.2. The normalized spacial score (nSPS) is 45.4. The van der Waals surface area contributed by atoms with Crippen molar-refractivity contribution in [2.24, 2.45) is 51.8 Å². The Morgan fingerprint density at radius 3 is 2.54 bits per heavy atom. The van der Waals surface area contributed by atoms with Crippen LogP contribution in [0.1, 0.15) is 85.5 Å². The third-order valence-electron chi connectivity index (χ3n) is 12.1. The van der Waals surface area contributed by atoms with Crippen LogP contribution in [0.5, 0.6) is 0 Å². The van der Waals surface area contributed by atoms with Gasteiger partial charge in [-0.1, -0.05) is 58.1 Å². The molecule has 216 valence electrons. The Morgan fingerprint density at radius 2 is 1.87 bits per heavy atom. The van der Waals surface area contributed by atoms with E-state index in [0.717, 1.165) is 56.8 Å². The van der Waals surface area contributed by atoms with Crippen LogP contribution in [-0.4, -0.2) is 60.3 Å². The Bertz CT molecular complexity index is 1050. The number of hydrogen-bond acceptors (Lipinski definition) is 5. The molecule has 0 aromatic rings. The summed E-state index contributed by atoms with van der Waals surface area (Å²) in [6, 6.07) is 0. The van der Waals surface area contributed by atoms with Crippen LogP contribution < -0.4 is 0 Å². The van der Waals surface area contributed by atoms with Gasteiger partial charge >= 0.3 is 5.97 Å². The molecule has 5 unspecified atom stereocenters. The fourth-order valence-electron chi connectivity index (χ4n) is 10.7. The molecule has 1 saturated heterocycles. The van der Waals surface area contributed by atoms with Crippen LogP contribution in [0.3, 0.4) is 0 Å². The van der Waals surface area contributed by atoms with E-state index < -0.39 is 28.5 Å². The third-order valence-corrected chi connectivity index (χ3v) is 12.1. The number of carbonyl (C=O) groups excluding carboxylic acids is 2. The third kappa shape index (κ3) is 3.63. The zero-order valence-corrected chi connectivity index (χ0v) is 24.2. The number of nitrogens with zero attached hydrogens (tertiary/aromatic N) is 1. The van der Waals surface area contributed by atoms with Gasteiger partial charge in [-0.2, -0.15) is 0 Å². The number of aliphatic carboxylic acids is 1. The number of aldehydes is 1. The van der Waals surface area contributed by atoms with Crippen molar-refractivity contribution in [2.45, 2.75) is 97.9 Å². The maximum Gasteiger partial charge on any atom is 0.315 e. The number of amides is 1. The Labute approximate surface area is 233 Å². The van der Waals surface area contributed by atoms with Crippen LogP contribution in [0.2, 0.25) is 0 Å². The van der Waals surface area contributed by atoms with E-state index in [2.05, 4.69) is 26.8 Å². The van der Waals surface area contributed by atoms with E-state index in [0.29, 0.717) is 31.3 Å². The van der Waals surface area contributed by atoms with Gasteiger partial charge in [-0.15, -0.1) is 0 Å². The highest BCUT2D eigenvalue weighted by molar-refractivity contribution is 5.90. The van der Waals surface area contributed by atoms with Gasteiger partial charge in [0, 0.05) is 17.9 Å². The monoisotopic (exact) mass is 541 g/mol. The van der Waals surface area contributed by atoms with Crippen molar-refractivity contribution >= 4 is 18.2 Å². The summed E-state index contributed by atoms with van der Waals surface area (Å²) >= 11 is 0. The van der Waals surface area contributed by atoms with Gasteiger partial charge in [0.25, 0.3) is 0 Å². The molecule has 1 aliphatic heterocycles. The van der Waals surface area contributed by atoms with E-state index in [1.165, 1.54) is 6.42 Å². The summed E-state index contributed by atoms with van der Waals surface area (Å²) in [6.45, 7) is 9.57. The summed E-state index contributed by atoms with van der Waals surface area (Å²) in [7, 11) is 0. The SMILES string of the molecule is CC(C)C1=CC2C[C@]3(C=O)C4CC[C@@H](C)C4CC2(CO[C@H]2CN(C(=O)C4CCCCC4)C[C@@H](C)O2)C13C(=O)O. The number of hydrogen-bond donors (Lipinski definition) is 1. The predicted octanol–water partition coefficient (Wildman–Crippen LogP) is 5.08. The second kappa shape index (κ2) is 9.68. The Kier molecular flexibility index (Phi) is 6.81. The number of rotatable bonds is 7. The first kappa shape index (κ1) is 27.4. The average molecular weight is 542 g/mol. The molecule has 9 atom stereocenters. The van der Waals surface area contributed by atoms with Crippen LogP contribution in [0.25, 0.3) is 0 Å². The van der Waals surface area contributed by atoms with Gasteiger partial charge in [0.2, 0.25) is 5.91 Å². The quantitative estimate of drug-likeness (QED) is 0.357. The molecule has 39 heavy (non-hydrogen) atoms. The van der Waals surface area contributed by atoms with Crippen molar-refractivity contribution in [3.05, 3.63) is 11.6 Å². The summed E-state index contributed by atoms with van der Waals surface area (Å²) in [4.78, 5) is 42.1. The van der Waals surface area contributed by atoms with E-state index in [1.54, 1.807) is 0 Å². The summed E-state index contributed by atoms with van der Waals surface area (Å²) in [5.74, 6) is 0.378. The Hall–Kier alpha value is -1.73. The topological polar surface area (TPSA) is 93.1 Å². The number of ether oxygens (including phenoxy) is 2. The van der Waals surface area contributed by atoms with Gasteiger partial charge < -0.3 is 24.3 Å². The van der Waals surface area contributed by atoms with E-state index in [-0.39, 0.29) is 42.3 Å². The van der Waals surface area contributed by atoms with Gasteiger partial charge in [-0.25, -0.2) is 0 Å². The molecule has 7 heteroatoms. The first-order chi connectivity index (χ1) is 18.6. The first-order valence-corrected chi connectivity index (χ1v) is 15.6. The van der Waals surface area contributed by atoms with Gasteiger partial charge in [0.1, 0.15) is 11.7 Å². The lowest BCUT2D eigenvalue weighted by atomic mass is 9.43. The summed E-state index contributed by atoms with van der Waals surface area (Å²) < 4.78 is 12.8. The van der Waals surface area contributed by atoms with Crippen molar-refractivity contribution in [3.8, 4) is 0 Å². The molecule has 1 N–H and O–H groups in total. The fraction of sp³-hybridized carbons (Fsp3) is 0.844. The highest BCUT2D eigenvalue weighted by Gasteiger charge is 2.84. The number of carboxylic acids is 1. The fourth-order valence-corrected chi connectivity index (χ4v) is 10.7. The summed E-state index contributed by atoms with van der Waals surface area (Å²) in [5, 5.41) is 11.2.